The van der Waals surface area contributed by atoms with Crippen LogP contribution in [0.1, 0.15) is 31.2 Å². The summed E-state index contributed by atoms with van der Waals surface area (Å²) in [5, 5.41) is 3.37. The zero-order chi connectivity index (χ0) is 17.2. The quantitative estimate of drug-likeness (QED) is 0.681. The zero-order valence-corrected chi connectivity index (χ0v) is 14.3. The molecule has 0 amide bonds. The first-order chi connectivity index (χ1) is 11.5. The Bertz CT molecular complexity index is 614. The van der Waals surface area contributed by atoms with E-state index < -0.39 is 11.6 Å². The minimum atomic E-state index is -0.809. The fourth-order valence-corrected chi connectivity index (χ4v) is 3.60. The van der Waals surface area contributed by atoms with Crippen molar-refractivity contribution in [3.63, 3.8) is 0 Å². The summed E-state index contributed by atoms with van der Waals surface area (Å²) in [6.07, 6.45) is 2.25. The van der Waals surface area contributed by atoms with Crippen molar-refractivity contribution in [2.45, 2.75) is 25.7 Å². The number of halogens is 2. The third kappa shape index (κ3) is 3.53. The van der Waals surface area contributed by atoms with Crippen molar-refractivity contribution in [3.05, 3.63) is 35.4 Å². The van der Waals surface area contributed by atoms with Crippen LogP contribution >= 0.6 is 0 Å². The van der Waals surface area contributed by atoms with Gasteiger partial charge in [0.15, 0.2) is 17.6 Å². The molecular weight excluding hydrogens is 312 g/mol. The number of rotatable bonds is 3. The number of nitrogens with one attached hydrogen (secondary N) is 1. The number of nitrogens with zero attached hydrogens (tertiary/aromatic N) is 2. The third-order valence-corrected chi connectivity index (χ3v) is 5.21. The second-order valence-corrected chi connectivity index (χ2v) is 6.98. The maximum absolute atomic E-state index is 13.4. The van der Waals surface area contributed by atoms with E-state index in [0.717, 1.165) is 50.7 Å². The average molecular weight is 337 g/mol. The van der Waals surface area contributed by atoms with Gasteiger partial charge in [-0.2, -0.15) is 0 Å². The zero-order valence-electron chi connectivity index (χ0n) is 14.3. The van der Waals surface area contributed by atoms with Crippen LogP contribution in [0.5, 0.6) is 0 Å². The Hall–Kier alpha value is -1.69. The van der Waals surface area contributed by atoms with Crippen LogP contribution < -0.4 is 5.32 Å². The van der Waals surface area contributed by atoms with E-state index >= 15 is 0 Å². The molecule has 2 saturated heterocycles. The summed E-state index contributed by atoms with van der Waals surface area (Å²) in [6, 6.07) is 4.08. The standard InChI is InChI=1S/C18H25F2N3O/c1-13(14-3-4-15(19)16(20)9-14)10-22-17(21-2)23-7-5-18(11-23)6-8-24-12-18/h3-4,9,13H,5-8,10-12H2,1-2H3,(H,21,22). The molecule has 0 saturated carbocycles. The molecule has 1 spiro atoms. The lowest BCUT2D eigenvalue weighted by Crippen LogP contribution is -2.42. The molecule has 2 heterocycles. The number of hydrogen-bond acceptors (Lipinski definition) is 2. The highest BCUT2D eigenvalue weighted by atomic mass is 19.2. The molecule has 6 heteroatoms. The van der Waals surface area contributed by atoms with Crippen LogP contribution in [0, 0.1) is 17.0 Å². The number of hydrogen-bond donors (Lipinski definition) is 1. The predicted octanol–water partition coefficient (Wildman–Crippen LogP) is 2.76. The molecule has 2 fully saturated rings. The van der Waals surface area contributed by atoms with Gasteiger partial charge in [0.1, 0.15) is 0 Å². The van der Waals surface area contributed by atoms with Crippen molar-refractivity contribution >= 4 is 5.96 Å². The van der Waals surface area contributed by atoms with Gasteiger partial charge in [-0.1, -0.05) is 13.0 Å². The van der Waals surface area contributed by atoms with Gasteiger partial charge < -0.3 is 15.0 Å². The van der Waals surface area contributed by atoms with Gasteiger partial charge in [-0.05, 0) is 36.5 Å². The van der Waals surface area contributed by atoms with Gasteiger partial charge in [-0.15, -0.1) is 0 Å². The highest BCUT2D eigenvalue weighted by Crippen LogP contribution is 2.38. The Morgan fingerprint density at radius 2 is 2.21 bits per heavy atom. The number of ether oxygens (including phenoxy) is 1. The molecule has 0 aromatic heterocycles. The van der Waals surface area contributed by atoms with Crippen LogP contribution in [0.2, 0.25) is 0 Å². The van der Waals surface area contributed by atoms with Gasteiger partial charge in [0, 0.05) is 38.7 Å². The lowest BCUT2D eigenvalue weighted by atomic mass is 9.87. The van der Waals surface area contributed by atoms with Gasteiger partial charge in [-0.3, -0.25) is 4.99 Å². The fraction of sp³-hybridized carbons (Fsp3) is 0.611. The minimum absolute atomic E-state index is 0.0585. The van der Waals surface area contributed by atoms with Gasteiger partial charge in [0.25, 0.3) is 0 Å². The number of guanidine groups is 1. The summed E-state index contributed by atoms with van der Waals surface area (Å²) in [4.78, 5) is 6.65. The molecule has 2 aliphatic rings. The predicted molar refractivity (Wildman–Crippen MR) is 90.2 cm³/mol. The molecule has 2 unspecified atom stereocenters. The second kappa shape index (κ2) is 7.05. The topological polar surface area (TPSA) is 36.9 Å². The lowest BCUT2D eigenvalue weighted by molar-refractivity contribution is 0.156. The molecule has 2 aliphatic heterocycles. The van der Waals surface area contributed by atoms with Gasteiger partial charge in [0.2, 0.25) is 0 Å². The molecule has 0 bridgehead atoms. The fourth-order valence-electron chi connectivity index (χ4n) is 3.60. The van der Waals surface area contributed by atoms with Gasteiger partial charge >= 0.3 is 0 Å². The van der Waals surface area contributed by atoms with Crippen molar-refractivity contribution in [1.29, 1.82) is 0 Å². The van der Waals surface area contributed by atoms with Crippen LogP contribution in [-0.4, -0.2) is 50.8 Å². The van der Waals surface area contributed by atoms with Crippen LogP contribution in [0.25, 0.3) is 0 Å². The first-order valence-corrected chi connectivity index (χ1v) is 8.51. The number of aliphatic imine (C=N–C) groups is 1. The third-order valence-electron chi connectivity index (χ3n) is 5.21. The maximum Gasteiger partial charge on any atom is 0.193 e. The molecule has 24 heavy (non-hydrogen) atoms. The van der Waals surface area contributed by atoms with Crippen molar-refractivity contribution in [1.82, 2.24) is 10.2 Å². The summed E-state index contributed by atoms with van der Waals surface area (Å²) in [7, 11) is 1.78. The molecule has 0 aliphatic carbocycles. The van der Waals surface area contributed by atoms with E-state index in [2.05, 4.69) is 15.2 Å². The second-order valence-electron chi connectivity index (χ2n) is 6.98. The van der Waals surface area contributed by atoms with Crippen molar-refractivity contribution < 1.29 is 13.5 Å². The molecule has 1 aromatic rings. The van der Waals surface area contributed by atoms with E-state index in [1.165, 1.54) is 12.1 Å². The molecule has 1 aromatic carbocycles. The first kappa shape index (κ1) is 17.1. The molecule has 2 atom stereocenters. The Labute approximate surface area is 141 Å². The normalized spacial score (nSPS) is 25.5. The van der Waals surface area contributed by atoms with E-state index in [-0.39, 0.29) is 11.3 Å². The SMILES string of the molecule is CN=C(NCC(C)c1ccc(F)c(F)c1)N1CCC2(CCOC2)C1. The van der Waals surface area contributed by atoms with E-state index in [1.807, 2.05) is 6.92 Å². The first-order valence-electron chi connectivity index (χ1n) is 8.51. The van der Waals surface area contributed by atoms with E-state index in [0.29, 0.717) is 6.54 Å². The average Bonchev–Trinajstić information content (AvgIpc) is 3.21. The Balaban J connectivity index is 1.57. The highest BCUT2D eigenvalue weighted by Gasteiger charge is 2.42. The highest BCUT2D eigenvalue weighted by molar-refractivity contribution is 5.80. The lowest BCUT2D eigenvalue weighted by Gasteiger charge is -2.26. The summed E-state index contributed by atoms with van der Waals surface area (Å²) in [5.41, 5.74) is 1.06. The molecular formula is C18H25F2N3O. The summed E-state index contributed by atoms with van der Waals surface area (Å²) in [5.74, 6) is -0.682. The van der Waals surface area contributed by atoms with Gasteiger partial charge in [-0.25, -0.2) is 8.78 Å². The molecule has 132 valence electrons. The molecule has 4 nitrogen and oxygen atoms in total. The summed E-state index contributed by atoms with van der Waals surface area (Å²) >= 11 is 0. The van der Waals surface area contributed by atoms with Crippen LogP contribution in [0.4, 0.5) is 8.78 Å². The van der Waals surface area contributed by atoms with E-state index in [9.17, 15) is 8.78 Å². The van der Waals surface area contributed by atoms with E-state index in [4.69, 9.17) is 4.74 Å². The Kier molecular flexibility index (Phi) is 5.04. The summed E-state index contributed by atoms with van der Waals surface area (Å²) < 4.78 is 32.0. The van der Waals surface area contributed by atoms with Crippen LogP contribution in [0.3, 0.4) is 0 Å². The van der Waals surface area contributed by atoms with Crippen LogP contribution in [0.15, 0.2) is 23.2 Å². The Morgan fingerprint density at radius 1 is 1.38 bits per heavy atom. The number of benzene rings is 1. The molecule has 0 radical (unpaired) electrons. The largest absolute Gasteiger partial charge is 0.381 e. The molecule has 1 N–H and O–H groups in total. The monoisotopic (exact) mass is 337 g/mol. The maximum atomic E-state index is 13.4. The van der Waals surface area contributed by atoms with Crippen molar-refractivity contribution in [2.24, 2.45) is 10.4 Å². The Morgan fingerprint density at radius 3 is 2.88 bits per heavy atom. The van der Waals surface area contributed by atoms with Crippen molar-refractivity contribution in [2.75, 3.05) is 39.9 Å². The number of likely N-dealkylation sites (tertiary alicyclic amines) is 1. The van der Waals surface area contributed by atoms with Gasteiger partial charge in [0.05, 0.1) is 6.61 Å². The van der Waals surface area contributed by atoms with E-state index in [1.54, 1.807) is 13.1 Å². The van der Waals surface area contributed by atoms with Crippen LogP contribution in [-0.2, 0) is 4.74 Å². The molecule has 3 rings (SSSR count). The minimum Gasteiger partial charge on any atom is -0.381 e. The smallest absolute Gasteiger partial charge is 0.193 e. The van der Waals surface area contributed by atoms with Crippen molar-refractivity contribution in [3.8, 4) is 0 Å². The summed E-state index contributed by atoms with van der Waals surface area (Å²) in [6.45, 7) is 6.24.